The minimum absolute atomic E-state index is 0.0104. The van der Waals surface area contributed by atoms with Gasteiger partial charge in [-0.1, -0.05) is 13.8 Å². The summed E-state index contributed by atoms with van der Waals surface area (Å²) >= 11 is 0. The number of hydrogen-bond acceptors (Lipinski definition) is 7. The van der Waals surface area contributed by atoms with E-state index in [1.165, 1.54) is 26.4 Å². The van der Waals surface area contributed by atoms with Crippen molar-refractivity contribution < 1.29 is 29.4 Å². The standard InChI is InChI=1S/C18H30N6O6/c1-8(2)14(24-15(26)9(3)22-16(27)13(19)10(4)25)17(28)23-12(18(29)30)5-11-6-20-7-21-11/h6-10,12-14,25H,5,19H2,1-4H3,(H,20,21)(H,22,27)(H,23,28)(H,24,26)(H,29,30). The molecule has 0 fully saturated rings. The first-order valence-electron chi connectivity index (χ1n) is 9.48. The Morgan fingerprint density at radius 1 is 1.07 bits per heavy atom. The molecule has 0 radical (unpaired) electrons. The molecule has 1 aromatic heterocycles. The third-order valence-electron chi connectivity index (χ3n) is 4.41. The van der Waals surface area contributed by atoms with Crippen LogP contribution in [0.3, 0.4) is 0 Å². The van der Waals surface area contributed by atoms with Gasteiger partial charge in [0.05, 0.1) is 12.4 Å². The summed E-state index contributed by atoms with van der Waals surface area (Å²) in [4.78, 5) is 55.1. The van der Waals surface area contributed by atoms with Crippen molar-refractivity contribution in [3.63, 3.8) is 0 Å². The van der Waals surface area contributed by atoms with Gasteiger partial charge in [-0.05, 0) is 19.8 Å². The highest BCUT2D eigenvalue weighted by molar-refractivity contribution is 5.94. The molecule has 12 nitrogen and oxygen atoms in total. The minimum atomic E-state index is -1.24. The van der Waals surface area contributed by atoms with Gasteiger partial charge in [0.2, 0.25) is 17.7 Å². The molecule has 12 heteroatoms. The Morgan fingerprint density at radius 3 is 2.17 bits per heavy atom. The van der Waals surface area contributed by atoms with Gasteiger partial charge in [0.15, 0.2) is 0 Å². The van der Waals surface area contributed by atoms with Crippen LogP contribution in [0, 0.1) is 5.92 Å². The number of aromatic nitrogens is 2. The van der Waals surface area contributed by atoms with E-state index in [1.54, 1.807) is 13.8 Å². The minimum Gasteiger partial charge on any atom is -0.480 e. The van der Waals surface area contributed by atoms with Gasteiger partial charge in [0.25, 0.3) is 0 Å². The molecule has 0 bridgehead atoms. The van der Waals surface area contributed by atoms with Crippen molar-refractivity contribution in [3.05, 3.63) is 18.2 Å². The molecule has 1 rings (SSSR count). The van der Waals surface area contributed by atoms with Crippen molar-refractivity contribution in [1.29, 1.82) is 0 Å². The lowest BCUT2D eigenvalue weighted by Gasteiger charge is -2.26. The number of hydrogen-bond donors (Lipinski definition) is 7. The summed E-state index contributed by atoms with van der Waals surface area (Å²) in [5.41, 5.74) is 6.05. The van der Waals surface area contributed by atoms with E-state index in [9.17, 15) is 29.4 Å². The zero-order valence-electron chi connectivity index (χ0n) is 17.4. The van der Waals surface area contributed by atoms with E-state index in [0.29, 0.717) is 5.69 Å². The Kier molecular flexibility index (Phi) is 9.40. The van der Waals surface area contributed by atoms with Gasteiger partial charge in [-0.3, -0.25) is 14.4 Å². The number of carboxylic acid groups (broad SMARTS) is 1. The van der Waals surface area contributed by atoms with Crippen LogP contribution in [0.25, 0.3) is 0 Å². The van der Waals surface area contributed by atoms with Gasteiger partial charge in [-0.15, -0.1) is 0 Å². The monoisotopic (exact) mass is 426 g/mol. The molecule has 0 saturated heterocycles. The zero-order valence-corrected chi connectivity index (χ0v) is 17.4. The second kappa shape index (κ2) is 11.3. The fraction of sp³-hybridized carbons (Fsp3) is 0.611. The predicted octanol–water partition coefficient (Wildman–Crippen LogP) is -2.12. The fourth-order valence-corrected chi connectivity index (χ4v) is 2.49. The molecule has 1 heterocycles. The van der Waals surface area contributed by atoms with Crippen molar-refractivity contribution in [3.8, 4) is 0 Å². The SMILES string of the molecule is CC(NC(=O)C(N)C(C)O)C(=O)NC(C(=O)NC(Cc1cnc[nH]1)C(=O)O)C(C)C. The molecular weight excluding hydrogens is 396 g/mol. The third-order valence-corrected chi connectivity index (χ3v) is 4.41. The summed E-state index contributed by atoms with van der Waals surface area (Å²) in [6.45, 7) is 6.11. The van der Waals surface area contributed by atoms with Crippen molar-refractivity contribution in [2.75, 3.05) is 0 Å². The van der Waals surface area contributed by atoms with Crippen LogP contribution in [0.5, 0.6) is 0 Å². The number of carbonyl (C=O) groups is 4. The first-order valence-corrected chi connectivity index (χ1v) is 9.48. The van der Waals surface area contributed by atoms with E-state index in [2.05, 4.69) is 25.9 Å². The summed E-state index contributed by atoms with van der Waals surface area (Å²) in [6, 6.07) is -4.50. The van der Waals surface area contributed by atoms with E-state index >= 15 is 0 Å². The Morgan fingerprint density at radius 2 is 1.70 bits per heavy atom. The number of aliphatic carboxylic acids is 1. The Labute approximate surface area is 174 Å². The Bertz CT molecular complexity index is 736. The maximum absolute atomic E-state index is 12.7. The first-order chi connectivity index (χ1) is 13.9. The van der Waals surface area contributed by atoms with Gasteiger partial charge < -0.3 is 36.9 Å². The van der Waals surface area contributed by atoms with E-state index in [4.69, 9.17) is 5.73 Å². The number of carbonyl (C=O) groups excluding carboxylic acids is 3. The molecule has 1 aromatic rings. The van der Waals surface area contributed by atoms with Crippen molar-refractivity contribution >= 4 is 23.7 Å². The molecule has 30 heavy (non-hydrogen) atoms. The van der Waals surface area contributed by atoms with Crippen molar-refractivity contribution in [2.45, 2.75) is 64.4 Å². The molecule has 3 amide bonds. The Hall–Kier alpha value is -2.99. The molecule has 5 unspecified atom stereocenters. The number of aliphatic hydroxyl groups excluding tert-OH is 1. The van der Waals surface area contributed by atoms with E-state index in [0.717, 1.165) is 0 Å². The maximum Gasteiger partial charge on any atom is 0.326 e. The average molecular weight is 426 g/mol. The van der Waals surface area contributed by atoms with Gasteiger partial charge in [-0.25, -0.2) is 9.78 Å². The van der Waals surface area contributed by atoms with Crippen molar-refractivity contribution in [1.82, 2.24) is 25.9 Å². The summed E-state index contributed by atoms with van der Waals surface area (Å²) < 4.78 is 0. The predicted molar refractivity (Wildman–Crippen MR) is 106 cm³/mol. The number of imidazole rings is 1. The molecule has 168 valence electrons. The highest BCUT2D eigenvalue weighted by Gasteiger charge is 2.31. The summed E-state index contributed by atoms with van der Waals surface area (Å²) in [5, 5.41) is 26.0. The third kappa shape index (κ3) is 7.44. The first kappa shape index (κ1) is 25.0. The zero-order chi connectivity index (χ0) is 23.0. The number of nitrogens with one attached hydrogen (secondary N) is 4. The van der Waals surface area contributed by atoms with Crippen LogP contribution in [0.4, 0.5) is 0 Å². The highest BCUT2D eigenvalue weighted by Crippen LogP contribution is 2.06. The van der Waals surface area contributed by atoms with Crippen LogP contribution in [0.15, 0.2) is 12.5 Å². The van der Waals surface area contributed by atoms with Gasteiger partial charge >= 0.3 is 5.97 Å². The molecule has 0 aromatic carbocycles. The number of carboxylic acids is 1. The molecule has 8 N–H and O–H groups in total. The molecule has 0 aliphatic carbocycles. The molecule has 0 spiro atoms. The molecule has 0 saturated carbocycles. The van der Waals surface area contributed by atoms with Crippen molar-refractivity contribution in [2.24, 2.45) is 11.7 Å². The van der Waals surface area contributed by atoms with Crippen LogP contribution < -0.4 is 21.7 Å². The van der Waals surface area contributed by atoms with E-state index in [1.807, 2.05) is 0 Å². The van der Waals surface area contributed by atoms with Gasteiger partial charge in [0.1, 0.15) is 24.2 Å². The second-order valence-electron chi connectivity index (χ2n) is 7.41. The largest absolute Gasteiger partial charge is 0.480 e. The number of aliphatic hydroxyl groups is 1. The lowest BCUT2D eigenvalue weighted by Crippen LogP contribution is -2.58. The fourth-order valence-electron chi connectivity index (χ4n) is 2.49. The topological polar surface area (TPSA) is 200 Å². The van der Waals surface area contributed by atoms with Crippen LogP contribution in [-0.2, 0) is 25.6 Å². The lowest BCUT2D eigenvalue weighted by atomic mass is 10.0. The molecular formula is C18H30N6O6. The number of aromatic amines is 1. The van der Waals surface area contributed by atoms with E-state index < -0.39 is 54.0 Å². The smallest absolute Gasteiger partial charge is 0.326 e. The summed E-state index contributed by atoms with van der Waals surface area (Å²) in [6.07, 6.45) is 1.74. The number of rotatable bonds is 11. The number of amides is 3. The number of nitrogens with zero attached hydrogens (tertiary/aromatic N) is 1. The average Bonchev–Trinajstić information content (AvgIpc) is 3.16. The van der Waals surface area contributed by atoms with Crippen LogP contribution >= 0.6 is 0 Å². The van der Waals surface area contributed by atoms with E-state index in [-0.39, 0.29) is 12.3 Å². The van der Waals surface area contributed by atoms with Crippen LogP contribution in [0.1, 0.15) is 33.4 Å². The highest BCUT2D eigenvalue weighted by atomic mass is 16.4. The van der Waals surface area contributed by atoms with Crippen LogP contribution in [-0.4, -0.2) is 74.1 Å². The summed E-state index contributed by atoms with van der Waals surface area (Å²) in [7, 11) is 0. The molecule has 0 aliphatic rings. The van der Waals surface area contributed by atoms with Crippen LogP contribution in [0.2, 0.25) is 0 Å². The Balaban J connectivity index is 2.77. The quantitative estimate of drug-likeness (QED) is 0.208. The number of nitrogens with two attached hydrogens (primary N) is 1. The number of H-pyrrole nitrogens is 1. The summed E-state index contributed by atoms with van der Waals surface area (Å²) in [5.74, 6) is -3.65. The van der Waals surface area contributed by atoms with Gasteiger partial charge in [-0.2, -0.15) is 0 Å². The lowest BCUT2D eigenvalue weighted by molar-refractivity contribution is -0.142. The molecule has 0 aliphatic heterocycles. The maximum atomic E-state index is 12.7. The second-order valence-corrected chi connectivity index (χ2v) is 7.41. The van der Waals surface area contributed by atoms with Gasteiger partial charge in [0, 0.05) is 18.3 Å². The normalized spacial score (nSPS) is 16.1. The molecule has 5 atom stereocenters.